The molecular weight excluding hydrogens is 490 g/mol. The number of pyridine rings is 1. The second-order valence-corrected chi connectivity index (χ2v) is 7.49. The molecule has 0 saturated carbocycles. The molecule has 0 bridgehead atoms. The van der Waals surface area contributed by atoms with E-state index >= 15 is 0 Å². The highest BCUT2D eigenvalue weighted by molar-refractivity contribution is 6.33. The number of hydrogen-bond donors (Lipinski definition) is 2. The van der Waals surface area contributed by atoms with E-state index in [0.29, 0.717) is 18.0 Å². The van der Waals surface area contributed by atoms with Crippen molar-refractivity contribution in [3.8, 4) is 11.6 Å². The van der Waals surface area contributed by atoms with Gasteiger partial charge in [-0.25, -0.2) is 9.78 Å². The summed E-state index contributed by atoms with van der Waals surface area (Å²) >= 11 is 12.1. The van der Waals surface area contributed by atoms with Crippen LogP contribution in [0.1, 0.15) is 5.56 Å². The molecule has 0 radical (unpaired) electrons. The number of nitrogens with one attached hydrogen (secondary N) is 1. The van der Waals surface area contributed by atoms with Crippen molar-refractivity contribution < 1.29 is 37.3 Å². The molecule has 0 atom stereocenters. The SMILES string of the molecule is COC(=O)C1=C(Nc2ccc(Oc3ncc(C(F)(F)F)cc3Cl)c(Cl)c2)C(=O)N(CCO)C1. The minimum Gasteiger partial charge on any atom is -0.466 e. The zero-order valence-electron chi connectivity index (χ0n) is 16.9. The van der Waals surface area contributed by atoms with Gasteiger partial charge < -0.3 is 24.8 Å². The highest BCUT2D eigenvalue weighted by atomic mass is 35.5. The summed E-state index contributed by atoms with van der Waals surface area (Å²) < 4.78 is 48.4. The lowest BCUT2D eigenvalue weighted by molar-refractivity contribution is -0.138. The number of ether oxygens (including phenoxy) is 2. The lowest BCUT2D eigenvalue weighted by Gasteiger charge is -2.15. The molecule has 2 N–H and O–H groups in total. The summed E-state index contributed by atoms with van der Waals surface area (Å²) in [7, 11) is 1.18. The Balaban J connectivity index is 1.82. The number of methoxy groups -OCH3 is 1. The van der Waals surface area contributed by atoms with Gasteiger partial charge in [-0.15, -0.1) is 0 Å². The first-order valence-electron chi connectivity index (χ1n) is 9.24. The second-order valence-electron chi connectivity index (χ2n) is 6.68. The van der Waals surface area contributed by atoms with E-state index in [1.54, 1.807) is 0 Å². The van der Waals surface area contributed by atoms with E-state index in [1.165, 1.54) is 30.2 Å². The molecule has 0 spiro atoms. The number of aliphatic hydroxyl groups excluding tert-OH is 1. The summed E-state index contributed by atoms with van der Waals surface area (Å²) in [5.41, 5.74) is -0.674. The number of amides is 1. The van der Waals surface area contributed by atoms with Crippen LogP contribution in [0.15, 0.2) is 41.7 Å². The molecule has 1 aliphatic heterocycles. The van der Waals surface area contributed by atoms with Gasteiger partial charge in [-0.2, -0.15) is 13.2 Å². The third kappa shape index (κ3) is 5.49. The van der Waals surface area contributed by atoms with Crippen LogP contribution in [0, 0.1) is 0 Å². The van der Waals surface area contributed by atoms with Gasteiger partial charge in [0, 0.05) is 18.4 Å². The lowest BCUT2D eigenvalue weighted by atomic mass is 10.2. The fraction of sp³-hybridized carbons (Fsp3) is 0.250. The normalized spacial score (nSPS) is 14.0. The maximum atomic E-state index is 12.8. The average Bonchev–Trinajstić information content (AvgIpc) is 3.05. The molecule has 2 aromatic rings. The summed E-state index contributed by atoms with van der Waals surface area (Å²) in [5, 5.41) is 11.6. The Morgan fingerprint density at radius 3 is 2.58 bits per heavy atom. The molecule has 3 rings (SSSR count). The number of aromatic nitrogens is 1. The molecule has 1 aliphatic rings. The van der Waals surface area contributed by atoms with Crippen LogP contribution in [-0.4, -0.2) is 53.7 Å². The fourth-order valence-electron chi connectivity index (χ4n) is 2.91. The van der Waals surface area contributed by atoms with Crippen molar-refractivity contribution in [2.45, 2.75) is 6.18 Å². The van der Waals surface area contributed by atoms with Crippen LogP contribution >= 0.6 is 23.2 Å². The number of aliphatic hydroxyl groups is 1. The maximum Gasteiger partial charge on any atom is 0.417 e. The number of carbonyl (C=O) groups is 2. The lowest BCUT2D eigenvalue weighted by Crippen LogP contribution is -2.31. The van der Waals surface area contributed by atoms with Gasteiger partial charge in [0.1, 0.15) is 16.5 Å². The van der Waals surface area contributed by atoms with E-state index in [-0.39, 0.29) is 52.6 Å². The number of hydrogen-bond acceptors (Lipinski definition) is 7. The molecule has 1 amide bonds. The van der Waals surface area contributed by atoms with Crippen LogP contribution in [0.25, 0.3) is 0 Å². The van der Waals surface area contributed by atoms with Gasteiger partial charge in [-0.05, 0) is 24.3 Å². The molecule has 0 fully saturated rings. The monoisotopic (exact) mass is 505 g/mol. The minimum absolute atomic E-state index is 0.0237. The number of carbonyl (C=O) groups excluding carboxylic acids is 2. The molecule has 33 heavy (non-hydrogen) atoms. The smallest absolute Gasteiger partial charge is 0.417 e. The van der Waals surface area contributed by atoms with E-state index < -0.39 is 23.6 Å². The van der Waals surface area contributed by atoms with Gasteiger partial charge in [-0.3, -0.25) is 4.79 Å². The fourth-order valence-corrected chi connectivity index (χ4v) is 3.34. The van der Waals surface area contributed by atoms with E-state index in [2.05, 4.69) is 10.3 Å². The second kappa shape index (κ2) is 9.86. The van der Waals surface area contributed by atoms with Crippen molar-refractivity contribution in [3.63, 3.8) is 0 Å². The number of alkyl halides is 3. The Morgan fingerprint density at radius 2 is 2.00 bits per heavy atom. The molecule has 1 aromatic heterocycles. The number of rotatable bonds is 7. The molecule has 8 nitrogen and oxygen atoms in total. The van der Waals surface area contributed by atoms with Crippen molar-refractivity contribution in [1.29, 1.82) is 0 Å². The van der Waals surface area contributed by atoms with Gasteiger partial charge in [0.15, 0.2) is 0 Å². The molecule has 176 valence electrons. The van der Waals surface area contributed by atoms with Crippen LogP contribution in [-0.2, 0) is 20.5 Å². The van der Waals surface area contributed by atoms with E-state index in [1.807, 2.05) is 0 Å². The van der Waals surface area contributed by atoms with Crippen LogP contribution in [0.4, 0.5) is 18.9 Å². The first kappa shape index (κ1) is 24.6. The highest BCUT2D eigenvalue weighted by Crippen LogP contribution is 2.37. The molecular formula is C20H16Cl2F3N3O5. The van der Waals surface area contributed by atoms with E-state index in [9.17, 15) is 22.8 Å². The minimum atomic E-state index is -4.61. The quantitative estimate of drug-likeness (QED) is 0.550. The third-order valence-corrected chi connectivity index (χ3v) is 5.06. The largest absolute Gasteiger partial charge is 0.466 e. The van der Waals surface area contributed by atoms with Crippen LogP contribution < -0.4 is 10.1 Å². The number of halogens is 5. The first-order valence-corrected chi connectivity index (χ1v) is 9.99. The van der Waals surface area contributed by atoms with Gasteiger partial charge in [0.05, 0.1) is 36.4 Å². The summed E-state index contributed by atoms with van der Waals surface area (Å²) in [5.74, 6) is -1.46. The number of nitrogens with zero attached hydrogens (tertiary/aromatic N) is 2. The molecule has 2 heterocycles. The first-order chi connectivity index (χ1) is 15.5. The van der Waals surface area contributed by atoms with Gasteiger partial charge in [-0.1, -0.05) is 23.2 Å². The number of anilines is 1. The van der Waals surface area contributed by atoms with E-state index in [4.69, 9.17) is 37.8 Å². The zero-order chi connectivity index (χ0) is 24.3. The molecule has 0 aliphatic carbocycles. The van der Waals surface area contributed by atoms with Crippen molar-refractivity contribution in [3.05, 3.63) is 57.3 Å². The van der Waals surface area contributed by atoms with Crippen LogP contribution in [0.5, 0.6) is 11.6 Å². The van der Waals surface area contributed by atoms with Crippen molar-refractivity contribution in [2.75, 3.05) is 32.1 Å². The summed E-state index contributed by atoms with van der Waals surface area (Å²) in [6.07, 6.45) is -4.03. The summed E-state index contributed by atoms with van der Waals surface area (Å²) in [6.45, 7) is -0.299. The predicted molar refractivity (Wildman–Crippen MR) is 112 cm³/mol. The van der Waals surface area contributed by atoms with Crippen LogP contribution in [0.3, 0.4) is 0 Å². The summed E-state index contributed by atoms with van der Waals surface area (Å²) in [6, 6.07) is 4.89. The number of esters is 1. The van der Waals surface area contributed by atoms with Gasteiger partial charge >= 0.3 is 12.1 Å². The Bertz CT molecular complexity index is 1120. The third-order valence-electron chi connectivity index (χ3n) is 4.50. The molecule has 0 saturated heterocycles. The van der Waals surface area contributed by atoms with Gasteiger partial charge in [0.2, 0.25) is 5.88 Å². The van der Waals surface area contributed by atoms with Crippen molar-refractivity contribution in [1.82, 2.24) is 9.88 Å². The van der Waals surface area contributed by atoms with E-state index in [0.717, 1.165) is 0 Å². The number of β-amino-alcohol motifs (C(OH)–C–C–N with tert-alkyl or cyclic N) is 1. The van der Waals surface area contributed by atoms with Crippen molar-refractivity contribution >= 4 is 40.8 Å². The Kier molecular flexibility index (Phi) is 7.35. The maximum absolute atomic E-state index is 12.8. The zero-order valence-corrected chi connectivity index (χ0v) is 18.4. The van der Waals surface area contributed by atoms with Crippen molar-refractivity contribution in [2.24, 2.45) is 0 Å². The Labute approximate surface area is 195 Å². The highest BCUT2D eigenvalue weighted by Gasteiger charge is 2.34. The molecule has 1 aromatic carbocycles. The summed E-state index contributed by atoms with van der Waals surface area (Å²) in [4.78, 5) is 29.5. The topological polar surface area (TPSA) is 101 Å². The van der Waals surface area contributed by atoms with Gasteiger partial charge in [0.25, 0.3) is 5.91 Å². The Hall–Kier alpha value is -3.02. The predicted octanol–water partition coefficient (Wildman–Crippen LogP) is 3.87. The Morgan fingerprint density at radius 1 is 1.27 bits per heavy atom. The molecule has 0 unspecified atom stereocenters. The average molecular weight is 506 g/mol. The molecule has 13 heteroatoms. The standard InChI is InChI=1S/C20H16Cl2F3N3O5/c1-32-19(31)12-9-28(4-5-29)18(30)16(12)27-11-2-3-15(13(21)7-11)33-17-14(22)6-10(8-26-17)20(23,24)25/h2-3,6-8,27,29H,4-5,9H2,1H3. The number of benzene rings is 1. The van der Waals surface area contributed by atoms with Crippen LogP contribution in [0.2, 0.25) is 10.0 Å².